The predicted octanol–water partition coefficient (Wildman–Crippen LogP) is 3.30. The molecule has 0 saturated heterocycles. The summed E-state index contributed by atoms with van der Waals surface area (Å²) in [5.74, 6) is -0.559. The van der Waals surface area contributed by atoms with E-state index in [4.69, 9.17) is 16.3 Å². The largest absolute Gasteiger partial charge is 0.480 e. The van der Waals surface area contributed by atoms with Crippen LogP contribution in [0.4, 0.5) is 10.1 Å². The van der Waals surface area contributed by atoms with E-state index < -0.39 is 5.41 Å². The Bertz CT molecular complexity index is 885. The summed E-state index contributed by atoms with van der Waals surface area (Å²) in [4.78, 5) is 26.0. The van der Waals surface area contributed by atoms with E-state index in [1.807, 2.05) is 19.9 Å². The fourth-order valence-corrected chi connectivity index (χ4v) is 3.13. The summed E-state index contributed by atoms with van der Waals surface area (Å²) in [6, 6.07) is 11.3. The van der Waals surface area contributed by atoms with Crippen molar-refractivity contribution in [1.82, 2.24) is 5.32 Å². The molecule has 0 saturated carbocycles. The molecule has 1 aliphatic rings. The van der Waals surface area contributed by atoms with Crippen LogP contribution in [0.1, 0.15) is 19.4 Å². The van der Waals surface area contributed by atoms with E-state index in [9.17, 15) is 14.0 Å². The first-order valence-electron chi connectivity index (χ1n) is 8.52. The first kappa shape index (κ1) is 19.2. The molecule has 0 aromatic heterocycles. The van der Waals surface area contributed by atoms with Crippen LogP contribution in [0.3, 0.4) is 0 Å². The first-order chi connectivity index (χ1) is 12.8. The zero-order chi connectivity index (χ0) is 19.6. The maximum Gasteiger partial charge on any atom is 0.265 e. The minimum atomic E-state index is -0.464. The zero-order valence-electron chi connectivity index (χ0n) is 15.1. The number of para-hydroxylation sites is 1. The van der Waals surface area contributed by atoms with Gasteiger partial charge in [0.1, 0.15) is 12.4 Å². The Balaban J connectivity index is 1.68. The molecule has 1 heterocycles. The fraction of sp³-hybridized carbons (Fsp3) is 0.300. The molecule has 0 atom stereocenters. The summed E-state index contributed by atoms with van der Waals surface area (Å²) < 4.78 is 18.8. The lowest BCUT2D eigenvalue weighted by Crippen LogP contribution is -2.47. The van der Waals surface area contributed by atoms with Gasteiger partial charge in [-0.1, -0.05) is 43.6 Å². The highest BCUT2D eigenvalue weighted by Crippen LogP contribution is 2.37. The van der Waals surface area contributed by atoms with Crippen molar-refractivity contribution in [2.75, 3.05) is 24.6 Å². The third-order valence-corrected chi connectivity index (χ3v) is 4.81. The molecule has 0 bridgehead atoms. The van der Waals surface area contributed by atoms with Gasteiger partial charge in [-0.25, -0.2) is 4.39 Å². The molecule has 2 aromatic rings. The van der Waals surface area contributed by atoms with Crippen LogP contribution in [-0.4, -0.2) is 31.5 Å². The van der Waals surface area contributed by atoms with E-state index in [2.05, 4.69) is 5.32 Å². The van der Waals surface area contributed by atoms with Crippen molar-refractivity contribution in [3.05, 3.63) is 58.9 Å². The number of ether oxygens (including phenoxy) is 1. The Kier molecular flexibility index (Phi) is 5.37. The van der Waals surface area contributed by atoms with Gasteiger partial charge in [0.25, 0.3) is 5.91 Å². The number of carbonyl (C=O) groups excluding carboxylic acids is 2. The summed E-state index contributed by atoms with van der Waals surface area (Å²) in [6.45, 7) is 3.82. The number of hydrogen-bond donors (Lipinski definition) is 1. The van der Waals surface area contributed by atoms with Crippen molar-refractivity contribution in [2.45, 2.75) is 19.3 Å². The van der Waals surface area contributed by atoms with Gasteiger partial charge in [-0.05, 0) is 29.8 Å². The van der Waals surface area contributed by atoms with Gasteiger partial charge < -0.3 is 10.1 Å². The predicted molar refractivity (Wildman–Crippen MR) is 102 cm³/mol. The topological polar surface area (TPSA) is 58.6 Å². The van der Waals surface area contributed by atoms with Crippen LogP contribution in [0.5, 0.6) is 5.75 Å². The molecule has 0 radical (unpaired) electrons. The molecule has 2 amide bonds. The van der Waals surface area contributed by atoms with Gasteiger partial charge in [0.05, 0.1) is 10.7 Å². The molecular weight excluding hydrogens is 371 g/mol. The van der Waals surface area contributed by atoms with Crippen molar-refractivity contribution in [2.24, 2.45) is 0 Å². The molecule has 0 unspecified atom stereocenters. The lowest BCUT2D eigenvalue weighted by molar-refractivity contribution is -0.125. The van der Waals surface area contributed by atoms with Crippen molar-refractivity contribution < 1.29 is 18.7 Å². The van der Waals surface area contributed by atoms with E-state index in [-0.39, 0.29) is 30.8 Å². The number of halogens is 2. The Morgan fingerprint density at radius 2 is 2.04 bits per heavy atom. The van der Waals surface area contributed by atoms with Gasteiger partial charge >= 0.3 is 0 Å². The van der Waals surface area contributed by atoms with Crippen molar-refractivity contribution in [1.29, 1.82) is 0 Å². The Hall–Kier alpha value is -2.60. The van der Waals surface area contributed by atoms with E-state index in [0.717, 1.165) is 5.56 Å². The number of carbonyl (C=O) groups is 2. The number of hydrogen-bond acceptors (Lipinski definition) is 3. The van der Waals surface area contributed by atoms with Crippen molar-refractivity contribution in [3.63, 3.8) is 0 Å². The summed E-state index contributed by atoms with van der Waals surface area (Å²) in [5.41, 5.74) is 0.786. The quantitative estimate of drug-likeness (QED) is 0.852. The maximum absolute atomic E-state index is 13.5. The lowest BCUT2D eigenvalue weighted by atomic mass is 9.84. The SMILES string of the molecule is CC(C)(CNC(=O)CN1C(=O)COc2c(Cl)cccc21)c1cccc(F)c1. The van der Waals surface area contributed by atoms with Gasteiger partial charge in [-0.2, -0.15) is 0 Å². The van der Waals surface area contributed by atoms with Crippen molar-refractivity contribution >= 4 is 29.1 Å². The van der Waals surface area contributed by atoms with Gasteiger partial charge in [0.2, 0.25) is 5.91 Å². The van der Waals surface area contributed by atoms with E-state index in [1.54, 1.807) is 24.3 Å². The third-order valence-electron chi connectivity index (χ3n) is 4.51. The fourth-order valence-electron chi connectivity index (χ4n) is 2.90. The summed E-state index contributed by atoms with van der Waals surface area (Å²) in [6.07, 6.45) is 0. The minimum Gasteiger partial charge on any atom is -0.480 e. The number of amides is 2. The monoisotopic (exact) mass is 390 g/mol. The molecule has 0 spiro atoms. The molecule has 0 fully saturated rings. The van der Waals surface area contributed by atoms with Crippen LogP contribution >= 0.6 is 11.6 Å². The van der Waals surface area contributed by atoms with Crippen molar-refractivity contribution in [3.8, 4) is 5.75 Å². The second-order valence-electron chi connectivity index (χ2n) is 7.03. The zero-order valence-corrected chi connectivity index (χ0v) is 15.8. The summed E-state index contributed by atoms with van der Waals surface area (Å²) in [5, 5.41) is 3.21. The van der Waals surface area contributed by atoms with Crippen LogP contribution in [0.2, 0.25) is 5.02 Å². The Morgan fingerprint density at radius 1 is 1.30 bits per heavy atom. The summed E-state index contributed by atoms with van der Waals surface area (Å²) >= 11 is 6.10. The first-order valence-corrected chi connectivity index (χ1v) is 8.90. The van der Waals surface area contributed by atoms with Crippen LogP contribution in [0.25, 0.3) is 0 Å². The molecule has 142 valence electrons. The number of rotatable bonds is 5. The average Bonchev–Trinajstić information content (AvgIpc) is 2.63. The Morgan fingerprint density at radius 3 is 2.78 bits per heavy atom. The van der Waals surface area contributed by atoms with Gasteiger partial charge in [-0.15, -0.1) is 0 Å². The number of fused-ring (bicyclic) bond motifs is 1. The van der Waals surface area contributed by atoms with Crippen LogP contribution < -0.4 is 15.0 Å². The van der Waals surface area contributed by atoms with Gasteiger partial charge in [0, 0.05) is 12.0 Å². The van der Waals surface area contributed by atoms with Gasteiger partial charge in [0.15, 0.2) is 12.4 Å². The molecule has 1 N–H and O–H groups in total. The summed E-state index contributed by atoms with van der Waals surface area (Å²) in [7, 11) is 0. The molecule has 7 heteroatoms. The van der Waals surface area contributed by atoms with E-state index >= 15 is 0 Å². The number of anilines is 1. The van der Waals surface area contributed by atoms with E-state index in [0.29, 0.717) is 23.0 Å². The number of nitrogens with zero attached hydrogens (tertiary/aromatic N) is 1. The van der Waals surface area contributed by atoms with Crippen LogP contribution in [0, 0.1) is 5.82 Å². The minimum absolute atomic E-state index is 0.144. The smallest absolute Gasteiger partial charge is 0.265 e. The molecule has 5 nitrogen and oxygen atoms in total. The second-order valence-corrected chi connectivity index (χ2v) is 7.43. The number of benzene rings is 2. The number of nitrogens with one attached hydrogen (secondary N) is 1. The standard InChI is InChI=1S/C20H20ClFN2O3/c1-20(2,13-5-3-6-14(22)9-13)12-23-17(25)10-24-16-8-4-7-15(21)19(16)27-11-18(24)26/h3-9H,10-12H2,1-2H3,(H,23,25). The third kappa shape index (κ3) is 4.22. The Labute approximate surface area is 162 Å². The second kappa shape index (κ2) is 7.56. The molecule has 1 aliphatic heterocycles. The molecule has 3 rings (SSSR count). The highest BCUT2D eigenvalue weighted by Gasteiger charge is 2.29. The highest BCUT2D eigenvalue weighted by molar-refractivity contribution is 6.32. The van der Waals surface area contributed by atoms with Gasteiger partial charge in [-0.3, -0.25) is 14.5 Å². The molecular formula is C20H20ClFN2O3. The van der Waals surface area contributed by atoms with Crippen LogP contribution in [-0.2, 0) is 15.0 Å². The maximum atomic E-state index is 13.5. The van der Waals surface area contributed by atoms with Crippen LogP contribution in [0.15, 0.2) is 42.5 Å². The molecule has 27 heavy (non-hydrogen) atoms. The van der Waals surface area contributed by atoms with E-state index in [1.165, 1.54) is 17.0 Å². The molecule has 2 aromatic carbocycles. The average molecular weight is 391 g/mol. The highest BCUT2D eigenvalue weighted by atomic mass is 35.5. The lowest BCUT2D eigenvalue weighted by Gasteiger charge is -2.30. The normalized spacial score (nSPS) is 13.8. The molecule has 0 aliphatic carbocycles.